The van der Waals surface area contributed by atoms with Gasteiger partial charge in [-0.05, 0) is 71.2 Å². The highest BCUT2D eigenvalue weighted by Gasteiger charge is 2.33. The summed E-state index contributed by atoms with van der Waals surface area (Å²) in [7, 11) is -2.27. The number of anilines is 2. The molecule has 0 N–H and O–H groups in total. The summed E-state index contributed by atoms with van der Waals surface area (Å²) in [6, 6.07) is 10.4. The van der Waals surface area contributed by atoms with Crippen molar-refractivity contribution >= 4 is 59.2 Å². The van der Waals surface area contributed by atoms with Crippen LogP contribution in [0.1, 0.15) is 19.4 Å². The molecule has 0 radical (unpaired) electrons. The van der Waals surface area contributed by atoms with Crippen molar-refractivity contribution in [2.75, 3.05) is 16.3 Å². The molecule has 2 aromatic rings. The second-order valence-corrected chi connectivity index (χ2v) is 10.0. The van der Waals surface area contributed by atoms with E-state index >= 15 is 0 Å². The average Bonchev–Trinajstić information content (AvgIpc) is 2.88. The number of rotatable bonds is 3. The fraction of sp³-hybridized carbons (Fsp3) is 0.278. The topological polar surface area (TPSA) is 57.7 Å². The second kappa shape index (κ2) is 6.98. The fourth-order valence-corrected chi connectivity index (χ4v) is 5.76. The third-order valence-electron chi connectivity index (χ3n) is 4.52. The molecule has 5 nitrogen and oxygen atoms in total. The Kier molecular flexibility index (Phi) is 5.20. The van der Waals surface area contributed by atoms with Gasteiger partial charge in [0.25, 0.3) is 10.0 Å². The van der Waals surface area contributed by atoms with Crippen LogP contribution in [0.3, 0.4) is 0 Å². The summed E-state index contributed by atoms with van der Waals surface area (Å²) >= 11 is 6.75. The number of halogens is 2. The van der Waals surface area contributed by atoms with Crippen LogP contribution in [0.15, 0.2) is 50.2 Å². The second-order valence-electron chi connectivity index (χ2n) is 6.30. The van der Waals surface area contributed by atoms with Crippen LogP contribution in [0.25, 0.3) is 0 Å². The lowest BCUT2D eigenvalue weighted by Gasteiger charge is -2.23. The van der Waals surface area contributed by atoms with Crippen LogP contribution < -0.4 is 9.21 Å². The average molecular weight is 502 g/mol. The van der Waals surface area contributed by atoms with Crippen LogP contribution in [-0.4, -0.2) is 27.4 Å². The van der Waals surface area contributed by atoms with Gasteiger partial charge in [0.15, 0.2) is 0 Å². The lowest BCUT2D eigenvalue weighted by molar-refractivity contribution is -0.116. The molecule has 138 valence electrons. The summed E-state index contributed by atoms with van der Waals surface area (Å²) in [6.45, 7) is 3.45. The minimum Gasteiger partial charge on any atom is -0.309 e. The van der Waals surface area contributed by atoms with E-state index in [0.29, 0.717) is 22.3 Å². The van der Waals surface area contributed by atoms with Gasteiger partial charge in [-0.15, -0.1) is 0 Å². The maximum atomic E-state index is 13.2. The lowest BCUT2D eigenvalue weighted by atomic mass is 10.1. The number of amides is 1. The fourth-order valence-electron chi connectivity index (χ4n) is 3.23. The predicted octanol–water partition coefficient (Wildman–Crippen LogP) is 4.33. The van der Waals surface area contributed by atoms with Crippen LogP contribution in [-0.2, 0) is 21.2 Å². The van der Waals surface area contributed by atoms with Crippen molar-refractivity contribution in [3.05, 3.63) is 50.9 Å². The molecule has 0 aromatic heterocycles. The Bertz CT molecular complexity index is 975. The molecule has 1 aliphatic heterocycles. The van der Waals surface area contributed by atoms with Crippen LogP contribution >= 0.6 is 31.9 Å². The Balaban J connectivity index is 2.09. The third-order valence-corrected chi connectivity index (χ3v) is 7.79. The predicted molar refractivity (Wildman–Crippen MR) is 110 cm³/mol. The van der Waals surface area contributed by atoms with Gasteiger partial charge in [0, 0.05) is 34.6 Å². The number of benzene rings is 2. The molecule has 0 fully saturated rings. The highest BCUT2D eigenvalue weighted by atomic mass is 79.9. The molecule has 0 saturated carbocycles. The summed E-state index contributed by atoms with van der Waals surface area (Å²) in [5.41, 5.74) is 2.18. The number of nitrogens with zero attached hydrogens (tertiary/aromatic N) is 2. The zero-order chi connectivity index (χ0) is 19.2. The minimum atomic E-state index is -3.79. The van der Waals surface area contributed by atoms with E-state index in [-0.39, 0.29) is 16.8 Å². The molecule has 0 saturated heterocycles. The highest BCUT2D eigenvalue weighted by Crippen LogP contribution is 2.39. The van der Waals surface area contributed by atoms with E-state index in [1.54, 1.807) is 41.3 Å². The first-order chi connectivity index (χ1) is 12.1. The summed E-state index contributed by atoms with van der Waals surface area (Å²) < 4.78 is 29.0. The van der Waals surface area contributed by atoms with Gasteiger partial charge in [-0.3, -0.25) is 9.10 Å². The lowest BCUT2D eigenvalue weighted by Crippen LogP contribution is -2.33. The Morgan fingerprint density at radius 2 is 1.81 bits per heavy atom. The molecule has 1 amide bonds. The van der Waals surface area contributed by atoms with Crippen molar-refractivity contribution in [2.24, 2.45) is 0 Å². The monoisotopic (exact) mass is 500 g/mol. The zero-order valence-corrected chi connectivity index (χ0v) is 18.5. The number of hydrogen-bond acceptors (Lipinski definition) is 3. The van der Waals surface area contributed by atoms with Gasteiger partial charge in [-0.2, -0.15) is 0 Å². The Hall–Kier alpha value is -1.38. The standard InChI is InChI=1S/C18H18Br2N2O3S/c1-11-8-13-9-16(20)18(10-17(13)22(11)12(2)23)26(24,25)21(3)15-6-4-14(19)5-7-15/h4-7,9-11H,8H2,1-3H3/t11-/m1/s1. The molecule has 3 rings (SSSR count). The van der Waals surface area contributed by atoms with E-state index in [0.717, 1.165) is 10.0 Å². The first-order valence-electron chi connectivity index (χ1n) is 7.99. The number of carbonyl (C=O) groups excluding carboxylic acids is 1. The van der Waals surface area contributed by atoms with Crippen molar-refractivity contribution in [3.63, 3.8) is 0 Å². The van der Waals surface area contributed by atoms with Crippen molar-refractivity contribution in [1.82, 2.24) is 0 Å². The first kappa shape index (κ1) is 19.4. The van der Waals surface area contributed by atoms with Gasteiger partial charge in [-0.25, -0.2) is 8.42 Å². The van der Waals surface area contributed by atoms with Crippen molar-refractivity contribution in [3.8, 4) is 0 Å². The highest BCUT2D eigenvalue weighted by molar-refractivity contribution is 9.10. The molecule has 26 heavy (non-hydrogen) atoms. The summed E-state index contributed by atoms with van der Waals surface area (Å²) in [4.78, 5) is 13.8. The van der Waals surface area contributed by atoms with Crippen LogP contribution in [0.4, 0.5) is 11.4 Å². The summed E-state index contributed by atoms with van der Waals surface area (Å²) in [5.74, 6) is -0.0943. The van der Waals surface area contributed by atoms with E-state index in [4.69, 9.17) is 0 Å². The van der Waals surface area contributed by atoms with Gasteiger partial charge in [0.1, 0.15) is 4.90 Å². The Morgan fingerprint density at radius 3 is 2.38 bits per heavy atom. The van der Waals surface area contributed by atoms with Crippen LogP contribution in [0.2, 0.25) is 0 Å². The smallest absolute Gasteiger partial charge is 0.265 e. The Labute approximate surface area is 170 Å². The quantitative estimate of drug-likeness (QED) is 0.628. The molecular weight excluding hydrogens is 484 g/mol. The molecule has 0 aliphatic carbocycles. The SMILES string of the molecule is CC(=O)N1c2cc(S(=O)(=O)N(C)c3ccc(Br)cc3)c(Br)cc2C[C@H]1C. The van der Waals surface area contributed by atoms with Gasteiger partial charge >= 0.3 is 0 Å². The van der Waals surface area contributed by atoms with Gasteiger partial charge in [-0.1, -0.05) is 15.9 Å². The molecule has 0 bridgehead atoms. The van der Waals surface area contributed by atoms with Gasteiger partial charge < -0.3 is 4.90 Å². The van der Waals surface area contributed by atoms with Crippen molar-refractivity contribution in [1.29, 1.82) is 0 Å². The largest absolute Gasteiger partial charge is 0.309 e. The van der Waals surface area contributed by atoms with Crippen LogP contribution in [0, 0.1) is 0 Å². The zero-order valence-electron chi connectivity index (χ0n) is 14.5. The molecule has 1 aliphatic rings. The van der Waals surface area contributed by atoms with Crippen molar-refractivity contribution < 1.29 is 13.2 Å². The van der Waals surface area contributed by atoms with E-state index in [2.05, 4.69) is 31.9 Å². The third kappa shape index (κ3) is 3.30. The maximum Gasteiger partial charge on any atom is 0.265 e. The number of hydrogen-bond donors (Lipinski definition) is 0. The molecular formula is C18H18Br2N2O3S. The molecule has 0 unspecified atom stereocenters. The van der Waals surface area contributed by atoms with E-state index in [9.17, 15) is 13.2 Å². The number of carbonyl (C=O) groups is 1. The van der Waals surface area contributed by atoms with Crippen LogP contribution in [0.5, 0.6) is 0 Å². The first-order valence-corrected chi connectivity index (χ1v) is 11.0. The molecule has 2 aromatic carbocycles. The maximum absolute atomic E-state index is 13.2. The van der Waals surface area contributed by atoms with Gasteiger partial charge in [0.2, 0.25) is 5.91 Å². The van der Waals surface area contributed by atoms with E-state index < -0.39 is 10.0 Å². The van der Waals surface area contributed by atoms with E-state index in [1.165, 1.54) is 18.3 Å². The molecule has 8 heteroatoms. The summed E-state index contributed by atoms with van der Waals surface area (Å²) in [6.07, 6.45) is 0.705. The number of sulfonamides is 1. The van der Waals surface area contributed by atoms with E-state index in [1.807, 2.05) is 6.92 Å². The molecule has 1 atom stereocenters. The Morgan fingerprint density at radius 1 is 1.19 bits per heavy atom. The summed E-state index contributed by atoms with van der Waals surface area (Å²) in [5, 5.41) is 0. The van der Waals surface area contributed by atoms with Crippen molar-refractivity contribution in [2.45, 2.75) is 31.2 Å². The molecule has 1 heterocycles. The minimum absolute atomic E-state index is 0.0107. The molecule has 0 spiro atoms. The van der Waals surface area contributed by atoms with Gasteiger partial charge in [0.05, 0.1) is 5.69 Å². The normalized spacial score (nSPS) is 16.5. The number of fused-ring (bicyclic) bond motifs is 1.